The topological polar surface area (TPSA) is 139 Å². The number of hydrogen-bond acceptors (Lipinski definition) is 10. The molecular weight excluding hydrogens is 936 g/mol. The number of benzene rings is 4. The molecule has 0 saturated heterocycles. The second kappa shape index (κ2) is 20.7. The van der Waals surface area contributed by atoms with Crippen molar-refractivity contribution in [3.63, 3.8) is 0 Å². The minimum Gasteiger partial charge on any atom is -0.490 e. The number of rotatable bonds is 15. The van der Waals surface area contributed by atoms with Crippen LogP contribution in [0.25, 0.3) is 21.5 Å². The number of aliphatic imine (C=N–C) groups is 3. The molecule has 5 heterocycles. The first-order chi connectivity index (χ1) is 33.4. The van der Waals surface area contributed by atoms with E-state index in [-0.39, 0.29) is 82.9 Å². The van der Waals surface area contributed by atoms with Crippen molar-refractivity contribution < 1.29 is 36.0 Å². The molecule has 2 aromatic heterocycles. The number of aromatic nitrogens is 2. The molecule has 0 spiro atoms. The Morgan fingerprint density at radius 2 is 0.972 bits per heavy atom. The van der Waals surface area contributed by atoms with Crippen LogP contribution in [0.3, 0.4) is 0 Å². The van der Waals surface area contributed by atoms with Crippen molar-refractivity contribution in [3.05, 3.63) is 106 Å². The summed E-state index contributed by atoms with van der Waals surface area (Å²) in [6.45, 7) is 32.7. The number of nitrogens with zero attached hydrogens (tertiary/aromatic N) is 7. The fraction of sp³-hybridized carbons (Fsp3) is 0.466. The SMILES string of the molecule is CC(C)C(C)Oc1cccc2c3[n-]/c(c12)=N\C1N/C(=N\c2[n-]c(c4c(OC(C(C)C)C(C)C)cccc24)/N=C2\N=C(N=3)c3c(OC(C(C)C)C(C)C)cccc32)c2c(OC(C(C)C)C(C)C)cccc21.[Cu+2]. The molecule has 1 radical (unpaired) electrons. The summed E-state index contributed by atoms with van der Waals surface area (Å²) in [4.78, 5) is 37.6. The predicted molar refractivity (Wildman–Crippen MR) is 282 cm³/mol. The van der Waals surface area contributed by atoms with E-state index in [1.807, 2.05) is 66.7 Å². The van der Waals surface area contributed by atoms with Gasteiger partial charge in [0.15, 0.2) is 0 Å². The van der Waals surface area contributed by atoms with Crippen LogP contribution in [0.4, 0.5) is 11.6 Å². The Kier molecular flexibility index (Phi) is 15.0. The number of ether oxygens (including phenoxy) is 4. The Morgan fingerprint density at radius 3 is 1.56 bits per heavy atom. The molecule has 13 heteroatoms. The standard InChI is InChI=1S/C58H70N8O4.Cu/c1-28(2)35(15)67-40-24-16-20-36-44(40)55-59-51(36)61-56-46-38(22-18-26-42(46)69-49(31(7)8)32(9)10)53(63-56)65-58-47-39(23-19-27-43(47)70-50(33(11)12)34(13)14)54(66-58)64-57-45-37(52(60-55)62-57)21-17-25-41(45)68-48(29(3)4)30(5)6;/h16-35,48-50,52H,1-15H3,(H-,59,60,61,62,63,64,65);/q-2;+2. The zero-order valence-electron chi connectivity index (χ0n) is 43.9. The zero-order chi connectivity index (χ0) is 49.9. The van der Waals surface area contributed by atoms with Crippen LogP contribution in [0.2, 0.25) is 0 Å². The molecule has 6 aromatic rings. The van der Waals surface area contributed by atoms with Crippen LogP contribution in [0.15, 0.2) is 97.8 Å². The fourth-order valence-corrected chi connectivity index (χ4v) is 10.2. The summed E-state index contributed by atoms with van der Waals surface area (Å²) in [5.74, 6) is 6.88. The van der Waals surface area contributed by atoms with E-state index in [2.05, 4.69) is 115 Å². The van der Waals surface area contributed by atoms with Gasteiger partial charge in [0.2, 0.25) is 0 Å². The van der Waals surface area contributed by atoms with Crippen molar-refractivity contribution in [3.8, 4) is 23.0 Å². The number of nitrogens with one attached hydrogen (secondary N) is 1. The maximum Gasteiger partial charge on any atom is 2.00 e. The molecule has 9 rings (SSSR count). The van der Waals surface area contributed by atoms with Crippen molar-refractivity contribution in [2.24, 2.45) is 66.4 Å². The van der Waals surface area contributed by atoms with Crippen LogP contribution in [0.5, 0.6) is 23.0 Å². The molecule has 8 bridgehead atoms. The third-order valence-corrected chi connectivity index (χ3v) is 13.8. The van der Waals surface area contributed by atoms with E-state index in [1.54, 1.807) is 0 Å². The van der Waals surface area contributed by atoms with Gasteiger partial charge in [-0.2, -0.15) is 0 Å². The molecule has 2 unspecified atom stereocenters. The van der Waals surface area contributed by atoms with E-state index in [4.69, 9.17) is 53.9 Å². The number of amidine groups is 3. The van der Waals surface area contributed by atoms with Gasteiger partial charge in [-0.25, -0.2) is 4.99 Å². The Hall–Kier alpha value is -5.91. The minimum absolute atomic E-state index is 0. The summed E-state index contributed by atoms with van der Waals surface area (Å²) in [5, 5.41) is 6.81. The van der Waals surface area contributed by atoms with Gasteiger partial charge in [-0.05, 0) is 89.0 Å². The molecule has 0 aliphatic carbocycles. The second-order valence-electron chi connectivity index (χ2n) is 21.7. The maximum absolute atomic E-state index is 7.00. The van der Waals surface area contributed by atoms with Gasteiger partial charge < -0.3 is 54.2 Å². The molecule has 0 saturated carbocycles. The van der Waals surface area contributed by atoms with Gasteiger partial charge in [0.05, 0.1) is 35.3 Å². The van der Waals surface area contributed by atoms with E-state index in [0.717, 1.165) is 43.8 Å². The summed E-state index contributed by atoms with van der Waals surface area (Å²) >= 11 is 0. The van der Waals surface area contributed by atoms with Crippen LogP contribution in [0, 0.1) is 41.4 Å². The van der Waals surface area contributed by atoms with Gasteiger partial charge in [0.1, 0.15) is 41.3 Å². The Morgan fingerprint density at radius 1 is 0.451 bits per heavy atom. The van der Waals surface area contributed by atoms with E-state index in [1.165, 1.54) is 0 Å². The number of hydrogen-bond donors (Lipinski definition) is 1. The van der Waals surface area contributed by atoms with Gasteiger partial charge in [0.25, 0.3) is 0 Å². The van der Waals surface area contributed by atoms with Crippen molar-refractivity contribution in [1.29, 1.82) is 0 Å². The van der Waals surface area contributed by atoms with Crippen LogP contribution in [-0.2, 0) is 17.1 Å². The Balaban J connectivity index is 0.00000676. The van der Waals surface area contributed by atoms with E-state index in [9.17, 15) is 0 Å². The monoisotopic (exact) mass is 1010 g/mol. The summed E-state index contributed by atoms with van der Waals surface area (Å²) < 4.78 is 27.7. The maximum atomic E-state index is 7.00. The first-order valence-corrected chi connectivity index (χ1v) is 25.5. The van der Waals surface area contributed by atoms with Crippen molar-refractivity contribution >= 4 is 50.7 Å². The van der Waals surface area contributed by atoms with Gasteiger partial charge in [0, 0.05) is 44.5 Å². The van der Waals surface area contributed by atoms with E-state index < -0.39 is 6.17 Å². The molecule has 3 aliphatic rings. The number of fused-ring (bicyclic) bond motifs is 19. The smallest absolute Gasteiger partial charge is 0.490 e. The molecule has 4 aromatic carbocycles. The second-order valence-corrected chi connectivity index (χ2v) is 21.7. The molecule has 0 fully saturated rings. The van der Waals surface area contributed by atoms with E-state index in [0.29, 0.717) is 63.1 Å². The molecule has 3 aliphatic heterocycles. The third-order valence-electron chi connectivity index (χ3n) is 13.8. The molecule has 71 heavy (non-hydrogen) atoms. The molecule has 0 amide bonds. The Labute approximate surface area is 429 Å². The summed E-state index contributed by atoms with van der Waals surface area (Å²) in [6, 6.07) is 24.2. The quantitative estimate of drug-likeness (QED) is 0.101. The predicted octanol–water partition coefficient (Wildman–Crippen LogP) is 12.0. The first kappa shape index (κ1) is 51.4. The van der Waals surface area contributed by atoms with Crippen LogP contribution >= 0.6 is 0 Å². The molecule has 1 N–H and O–H groups in total. The van der Waals surface area contributed by atoms with Crippen LogP contribution in [-0.4, -0.2) is 41.9 Å². The van der Waals surface area contributed by atoms with Crippen molar-refractivity contribution in [2.75, 3.05) is 0 Å². The average Bonchev–Trinajstić information content (AvgIpc) is 4.05. The van der Waals surface area contributed by atoms with Crippen LogP contribution in [0.1, 0.15) is 132 Å². The minimum atomic E-state index is -0.612. The summed E-state index contributed by atoms with van der Waals surface area (Å²) in [5.41, 5.74) is 4.17. The van der Waals surface area contributed by atoms with Gasteiger partial charge in [-0.1, -0.05) is 145 Å². The van der Waals surface area contributed by atoms with Gasteiger partial charge >= 0.3 is 17.1 Å². The van der Waals surface area contributed by atoms with Crippen molar-refractivity contribution in [2.45, 2.75) is 134 Å². The molecular formula is C58H70CuN8O4. The molecule has 12 nitrogen and oxygen atoms in total. The zero-order valence-corrected chi connectivity index (χ0v) is 44.9. The van der Waals surface area contributed by atoms with Crippen molar-refractivity contribution in [1.82, 2.24) is 15.3 Å². The van der Waals surface area contributed by atoms with Gasteiger partial charge in [-0.15, -0.1) is 0 Å². The third kappa shape index (κ3) is 9.89. The Bertz CT molecular complexity index is 3130. The molecule has 377 valence electrons. The van der Waals surface area contributed by atoms with E-state index >= 15 is 0 Å². The fourth-order valence-electron chi connectivity index (χ4n) is 10.2. The summed E-state index contributed by atoms with van der Waals surface area (Å²) in [6.07, 6.45) is -0.897. The average molecular weight is 1010 g/mol. The summed E-state index contributed by atoms with van der Waals surface area (Å²) in [7, 11) is 0. The molecule has 2 atom stereocenters. The normalized spacial score (nSPS) is 17.6. The van der Waals surface area contributed by atoms with Gasteiger partial charge in [-0.3, -0.25) is 0 Å². The largest absolute Gasteiger partial charge is 2.00 e. The first-order valence-electron chi connectivity index (χ1n) is 25.5. The van der Waals surface area contributed by atoms with Crippen LogP contribution < -0.4 is 45.2 Å².